The number of amides is 1. The monoisotopic (exact) mass is 252 g/mol. The molecule has 2 fully saturated rings. The van der Waals surface area contributed by atoms with Crippen LogP contribution in [-0.2, 0) is 0 Å². The van der Waals surface area contributed by atoms with E-state index in [1.165, 1.54) is 6.07 Å². The summed E-state index contributed by atoms with van der Waals surface area (Å²) in [6.07, 6.45) is 0.979. The molecule has 1 aromatic rings. The second-order valence-corrected chi connectivity index (χ2v) is 4.90. The van der Waals surface area contributed by atoms with Crippen LogP contribution in [-0.4, -0.2) is 36.5 Å². The molecule has 5 heteroatoms. The van der Waals surface area contributed by atoms with Gasteiger partial charge < -0.3 is 10.2 Å². The first-order valence-electron chi connectivity index (χ1n) is 6.13. The smallest absolute Gasteiger partial charge is 0.254 e. The molecule has 0 radical (unpaired) electrons. The summed E-state index contributed by atoms with van der Waals surface area (Å²) in [5.74, 6) is -1.60. The van der Waals surface area contributed by atoms with E-state index >= 15 is 0 Å². The summed E-state index contributed by atoms with van der Waals surface area (Å²) in [6, 6.07) is 3.53. The Morgan fingerprint density at radius 2 is 2.11 bits per heavy atom. The maximum Gasteiger partial charge on any atom is 0.254 e. The van der Waals surface area contributed by atoms with Gasteiger partial charge in [-0.05, 0) is 30.5 Å². The van der Waals surface area contributed by atoms with Crippen molar-refractivity contribution in [3.63, 3.8) is 0 Å². The molecule has 0 saturated carbocycles. The molecule has 1 amide bonds. The molecule has 3 nitrogen and oxygen atoms in total. The molecule has 0 aliphatic carbocycles. The lowest BCUT2D eigenvalue weighted by Gasteiger charge is -2.23. The van der Waals surface area contributed by atoms with Crippen molar-refractivity contribution in [1.29, 1.82) is 0 Å². The van der Waals surface area contributed by atoms with Crippen LogP contribution < -0.4 is 5.32 Å². The zero-order chi connectivity index (χ0) is 12.7. The van der Waals surface area contributed by atoms with Crippen molar-refractivity contribution in [3.05, 3.63) is 35.4 Å². The first-order valence-corrected chi connectivity index (χ1v) is 6.13. The fraction of sp³-hybridized carbons (Fsp3) is 0.462. The van der Waals surface area contributed by atoms with Gasteiger partial charge in [-0.3, -0.25) is 4.79 Å². The highest BCUT2D eigenvalue weighted by Crippen LogP contribution is 2.28. The van der Waals surface area contributed by atoms with E-state index in [-0.39, 0.29) is 17.5 Å². The standard InChI is InChI=1S/C13H14F2N2O/c14-10-2-1-8(5-11(10)15)13(18)17-4-3-9-6-16-7-12(9)17/h1-2,5,9,12,16H,3-4,6-7H2/t9-,12+/m1/s1. The summed E-state index contributed by atoms with van der Waals surface area (Å²) in [4.78, 5) is 14.0. The number of rotatable bonds is 1. The lowest BCUT2D eigenvalue weighted by Crippen LogP contribution is -2.39. The number of carbonyl (C=O) groups excluding carboxylic acids is 1. The second kappa shape index (κ2) is 4.31. The Labute approximate surface area is 104 Å². The molecule has 2 atom stereocenters. The van der Waals surface area contributed by atoms with E-state index in [1.54, 1.807) is 4.90 Å². The number of carbonyl (C=O) groups is 1. The van der Waals surface area contributed by atoms with Crippen molar-refractivity contribution in [3.8, 4) is 0 Å². The molecular formula is C13H14F2N2O. The Morgan fingerprint density at radius 1 is 1.28 bits per heavy atom. The summed E-state index contributed by atoms with van der Waals surface area (Å²) in [5.41, 5.74) is 0.224. The Kier molecular flexibility index (Phi) is 2.78. The van der Waals surface area contributed by atoms with Gasteiger partial charge in [0, 0.05) is 31.2 Å². The van der Waals surface area contributed by atoms with Crippen molar-refractivity contribution in [2.75, 3.05) is 19.6 Å². The molecule has 0 unspecified atom stereocenters. The second-order valence-electron chi connectivity index (χ2n) is 4.90. The number of likely N-dealkylation sites (tertiary alicyclic amines) is 1. The molecule has 2 aliphatic rings. The van der Waals surface area contributed by atoms with Gasteiger partial charge >= 0.3 is 0 Å². The van der Waals surface area contributed by atoms with Gasteiger partial charge in [0.25, 0.3) is 5.91 Å². The van der Waals surface area contributed by atoms with E-state index in [0.717, 1.165) is 31.6 Å². The lowest BCUT2D eigenvalue weighted by molar-refractivity contribution is 0.0736. The molecule has 0 aromatic heterocycles. The van der Waals surface area contributed by atoms with Gasteiger partial charge in [-0.25, -0.2) is 8.78 Å². The van der Waals surface area contributed by atoms with Crippen molar-refractivity contribution >= 4 is 5.91 Å². The van der Waals surface area contributed by atoms with E-state index < -0.39 is 11.6 Å². The van der Waals surface area contributed by atoms with Gasteiger partial charge in [0.05, 0.1) is 0 Å². The average molecular weight is 252 g/mol. The third-order valence-electron chi connectivity index (χ3n) is 3.87. The molecule has 18 heavy (non-hydrogen) atoms. The highest BCUT2D eigenvalue weighted by atomic mass is 19.2. The molecule has 1 N–H and O–H groups in total. The van der Waals surface area contributed by atoms with Gasteiger partial charge in [0.1, 0.15) is 0 Å². The summed E-state index contributed by atoms with van der Waals surface area (Å²) < 4.78 is 26.0. The van der Waals surface area contributed by atoms with Crippen LogP contribution in [0.3, 0.4) is 0 Å². The van der Waals surface area contributed by atoms with Crippen LogP contribution in [0.15, 0.2) is 18.2 Å². The normalized spacial score (nSPS) is 26.4. The first-order chi connectivity index (χ1) is 8.66. The topological polar surface area (TPSA) is 32.3 Å². The van der Waals surface area contributed by atoms with Crippen LogP contribution in [0.5, 0.6) is 0 Å². The molecule has 3 rings (SSSR count). The molecular weight excluding hydrogens is 238 g/mol. The van der Waals surface area contributed by atoms with Crippen molar-refractivity contribution in [2.45, 2.75) is 12.5 Å². The average Bonchev–Trinajstić information content (AvgIpc) is 2.93. The van der Waals surface area contributed by atoms with Crippen LogP contribution in [0, 0.1) is 17.6 Å². The Morgan fingerprint density at radius 3 is 2.89 bits per heavy atom. The predicted octanol–water partition coefficient (Wildman–Crippen LogP) is 1.40. The lowest BCUT2D eigenvalue weighted by atomic mass is 10.0. The highest BCUT2D eigenvalue weighted by molar-refractivity contribution is 5.94. The molecule has 2 heterocycles. The van der Waals surface area contributed by atoms with Crippen molar-refractivity contribution < 1.29 is 13.6 Å². The number of hydrogen-bond donors (Lipinski definition) is 1. The van der Waals surface area contributed by atoms with Gasteiger partial charge in [0.15, 0.2) is 11.6 Å². The minimum Gasteiger partial charge on any atom is -0.334 e. The van der Waals surface area contributed by atoms with Crippen molar-refractivity contribution in [2.24, 2.45) is 5.92 Å². The quantitative estimate of drug-likeness (QED) is 0.819. The number of nitrogens with one attached hydrogen (secondary N) is 1. The number of hydrogen-bond acceptors (Lipinski definition) is 2. The van der Waals surface area contributed by atoms with Crippen molar-refractivity contribution in [1.82, 2.24) is 10.2 Å². The maximum atomic E-state index is 13.1. The molecule has 2 aliphatic heterocycles. The summed E-state index contributed by atoms with van der Waals surface area (Å²) in [5, 5.41) is 3.25. The van der Waals surface area contributed by atoms with Crippen LogP contribution in [0.25, 0.3) is 0 Å². The minimum atomic E-state index is -0.971. The summed E-state index contributed by atoms with van der Waals surface area (Å²) in [6.45, 7) is 2.43. The summed E-state index contributed by atoms with van der Waals surface area (Å²) in [7, 11) is 0. The Balaban J connectivity index is 1.84. The zero-order valence-electron chi connectivity index (χ0n) is 9.83. The van der Waals surface area contributed by atoms with Gasteiger partial charge in [0.2, 0.25) is 0 Å². The SMILES string of the molecule is O=C(c1ccc(F)c(F)c1)N1CC[C@@H]2CNC[C@@H]21. The van der Waals surface area contributed by atoms with Crippen LogP contribution >= 0.6 is 0 Å². The third kappa shape index (κ3) is 1.79. The minimum absolute atomic E-state index is 0.200. The molecule has 96 valence electrons. The number of benzene rings is 1. The van der Waals surface area contributed by atoms with Crippen LogP contribution in [0.4, 0.5) is 8.78 Å². The predicted molar refractivity (Wildman–Crippen MR) is 62.2 cm³/mol. The van der Waals surface area contributed by atoms with E-state index in [4.69, 9.17) is 0 Å². The molecule has 0 spiro atoms. The Hall–Kier alpha value is -1.49. The van der Waals surface area contributed by atoms with Gasteiger partial charge in [-0.1, -0.05) is 0 Å². The zero-order valence-corrected chi connectivity index (χ0v) is 9.83. The fourth-order valence-electron chi connectivity index (χ4n) is 2.90. The van der Waals surface area contributed by atoms with Crippen LogP contribution in [0.2, 0.25) is 0 Å². The number of halogens is 2. The third-order valence-corrected chi connectivity index (χ3v) is 3.87. The fourth-order valence-corrected chi connectivity index (χ4v) is 2.90. The number of fused-ring (bicyclic) bond motifs is 1. The molecule has 0 bridgehead atoms. The van der Waals surface area contributed by atoms with E-state index in [0.29, 0.717) is 12.5 Å². The number of nitrogens with zero attached hydrogens (tertiary/aromatic N) is 1. The van der Waals surface area contributed by atoms with Gasteiger partial charge in [-0.2, -0.15) is 0 Å². The van der Waals surface area contributed by atoms with E-state index in [9.17, 15) is 13.6 Å². The van der Waals surface area contributed by atoms with E-state index in [2.05, 4.69) is 5.32 Å². The largest absolute Gasteiger partial charge is 0.334 e. The van der Waals surface area contributed by atoms with Crippen LogP contribution in [0.1, 0.15) is 16.8 Å². The first kappa shape index (κ1) is 11.6. The van der Waals surface area contributed by atoms with E-state index in [1.807, 2.05) is 0 Å². The Bertz CT molecular complexity index is 492. The van der Waals surface area contributed by atoms with Gasteiger partial charge in [-0.15, -0.1) is 0 Å². The summed E-state index contributed by atoms with van der Waals surface area (Å²) >= 11 is 0. The molecule has 2 saturated heterocycles. The maximum absolute atomic E-state index is 13.1. The highest BCUT2D eigenvalue weighted by Gasteiger charge is 2.40. The molecule has 1 aromatic carbocycles.